The summed E-state index contributed by atoms with van der Waals surface area (Å²) in [4.78, 5) is 31.1. The molecule has 0 unspecified atom stereocenters. The first-order valence-electron chi connectivity index (χ1n) is 7.82. The normalized spacial score (nSPS) is 10.4. The van der Waals surface area contributed by atoms with Crippen molar-refractivity contribution in [1.29, 1.82) is 0 Å². The quantitative estimate of drug-likeness (QED) is 0.595. The molecular formula is C18H18N4O3. The highest BCUT2D eigenvalue weighted by molar-refractivity contribution is 5.94. The highest BCUT2D eigenvalue weighted by Gasteiger charge is 2.06. The monoisotopic (exact) mass is 338 g/mol. The van der Waals surface area contributed by atoms with Crippen molar-refractivity contribution in [2.45, 2.75) is 0 Å². The molecule has 0 bridgehead atoms. The van der Waals surface area contributed by atoms with E-state index in [1.165, 1.54) is 0 Å². The standard InChI is InChI=1S/C18H18N4O3/c1-25-13-6-4-5-12(11-13)16(23)19-9-10-20-18-21-15-8-3-2-7-14(15)17(24)22-18/h2-8,11H,9-10H2,1H3,(H,19,23)(H2,20,21,22,24). The molecule has 3 N–H and O–H groups in total. The number of hydrogen-bond acceptors (Lipinski definition) is 5. The summed E-state index contributed by atoms with van der Waals surface area (Å²) < 4.78 is 5.10. The van der Waals surface area contributed by atoms with Gasteiger partial charge in [-0.3, -0.25) is 14.6 Å². The number of nitrogens with one attached hydrogen (secondary N) is 3. The van der Waals surface area contributed by atoms with Gasteiger partial charge >= 0.3 is 0 Å². The molecule has 0 aliphatic heterocycles. The number of hydrogen-bond donors (Lipinski definition) is 3. The molecule has 0 aliphatic carbocycles. The number of aromatic nitrogens is 2. The first-order valence-corrected chi connectivity index (χ1v) is 7.82. The number of amides is 1. The van der Waals surface area contributed by atoms with Crippen molar-refractivity contribution >= 4 is 22.8 Å². The van der Waals surface area contributed by atoms with E-state index in [-0.39, 0.29) is 11.5 Å². The Morgan fingerprint density at radius 1 is 1.16 bits per heavy atom. The van der Waals surface area contributed by atoms with E-state index in [1.807, 2.05) is 6.07 Å². The van der Waals surface area contributed by atoms with Crippen LogP contribution in [0.2, 0.25) is 0 Å². The van der Waals surface area contributed by atoms with Gasteiger partial charge in [0.15, 0.2) is 0 Å². The number of benzene rings is 2. The van der Waals surface area contributed by atoms with Crippen molar-refractivity contribution in [2.75, 3.05) is 25.5 Å². The van der Waals surface area contributed by atoms with Crippen LogP contribution in [0.25, 0.3) is 10.9 Å². The number of fused-ring (bicyclic) bond motifs is 1. The van der Waals surface area contributed by atoms with Crippen molar-refractivity contribution in [3.63, 3.8) is 0 Å². The van der Waals surface area contributed by atoms with Crippen molar-refractivity contribution in [1.82, 2.24) is 15.3 Å². The molecule has 7 nitrogen and oxygen atoms in total. The van der Waals surface area contributed by atoms with E-state index in [2.05, 4.69) is 20.6 Å². The number of carbonyl (C=O) groups is 1. The molecule has 0 spiro atoms. The lowest BCUT2D eigenvalue weighted by molar-refractivity contribution is 0.0955. The van der Waals surface area contributed by atoms with E-state index in [0.717, 1.165) is 0 Å². The van der Waals surface area contributed by atoms with Crippen LogP contribution in [0.1, 0.15) is 10.4 Å². The Morgan fingerprint density at radius 3 is 2.84 bits per heavy atom. The van der Waals surface area contributed by atoms with Gasteiger partial charge in [-0.25, -0.2) is 4.98 Å². The van der Waals surface area contributed by atoms with Crippen LogP contribution in [0.15, 0.2) is 53.3 Å². The molecule has 3 aromatic rings. The predicted octanol–water partition coefficient (Wildman–Crippen LogP) is 1.77. The summed E-state index contributed by atoms with van der Waals surface area (Å²) in [5.41, 5.74) is 0.944. The summed E-state index contributed by atoms with van der Waals surface area (Å²) in [6.07, 6.45) is 0. The lowest BCUT2D eigenvalue weighted by Crippen LogP contribution is -2.29. The zero-order valence-corrected chi connectivity index (χ0v) is 13.7. The number of nitrogens with zero attached hydrogens (tertiary/aromatic N) is 1. The fourth-order valence-electron chi connectivity index (χ4n) is 2.39. The largest absolute Gasteiger partial charge is 0.497 e. The van der Waals surface area contributed by atoms with Gasteiger partial charge in [0, 0.05) is 18.7 Å². The fraction of sp³-hybridized carbons (Fsp3) is 0.167. The highest BCUT2D eigenvalue weighted by atomic mass is 16.5. The van der Waals surface area contributed by atoms with E-state index in [4.69, 9.17) is 4.74 Å². The molecule has 1 heterocycles. The van der Waals surface area contributed by atoms with Crippen LogP contribution in [0, 0.1) is 0 Å². The van der Waals surface area contributed by atoms with Crippen LogP contribution >= 0.6 is 0 Å². The van der Waals surface area contributed by atoms with Gasteiger partial charge in [0.25, 0.3) is 11.5 Å². The van der Waals surface area contributed by atoms with Gasteiger partial charge in [0.05, 0.1) is 18.0 Å². The van der Waals surface area contributed by atoms with Gasteiger partial charge in [-0.05, 0) is 30.3 Å². The average molecular weight is 338 g/mol. The third kappa shape index (κ3) is 3.95. The van der Waals surface area contributed by atoms with Crippen LogP contribution in [-0.2, 0) is 0 Å². The SMILES string of the molecule is COc1cccc(C(=O)NCCNc2nc3ccccc3c(=O)[nH]2)c1. The second kappa shape index (κ2) is 7.48. The fourth-order valence-corrected chi connectivity index (χ4v) is 2.39. The van der Waals surface area contributed by atoms with Crippen LogP contribution < -0.4 is 20.9 Å². The number of anilines is 1. The minimum atomic E-state index is -0.200. The van der Waals surface area contributed by atoms with E-state index in [9.17, 15) is 9.59 Å². The molecule has 3 rings (SSSR count). The first-order chi connectivity index (χ1) is 12.2. The third-order valence-corrected chi connectivity index (χ3v) is 3.65. The zero-order chi connectivity index (χ0) is 17.6. The van der Waals surface area contributed by atoms with E-state index < -0.39 is 0 Å². The van der Waals surface area contributed by atoms with Gasteiger partial charge in [-0.1, -0.05) is 18.2 Å². The van der Waals surface area contributed by atoms with Crippen molar-refractivity contribution in [3.8, 4) is 5.75 Å². The van der Waals surface area contributed by atoms with Crippen molar-refractivity contribution < 1.29 is 9.53 Å². The molecule has 25 heavy (non-hydrogen) atoms. The van der Waals surface area contributed by atoms with E-state index in [1.54, 1.807) is 49.6 Å². The van der Waals surface area contributed by atoms with Gasteiger partial charge in [-0.2, -0.15) is 0 Å². The minimum Gasteiger partial charge on any atom is -0.497 e. The Morgan fingerprint density at radius 2 is 2.00 bits per heavy atom. The van der Waals surface area contributed by atoms with Gasteiger partial charge in [-0.15, -0.1) is 0 Å². The summed E-state index contributed by atoms with van der Waals surface area (Å²) in [6.45, 7) is 0.809. The summed E-state index contributed by atoms with van der Waals surface area (Å²) in [7, 11) is 1.55. The molecule has 0 aliphatic rings. The first kappa shape index (κ1) is 16.5. The molecule has 0 fully saturated rings. The molecule has 0 saturated heterocycles. The Hall–Kier alpha value is -3.35. The number of H-pyrrole nitrogens is 1. The van der Waals surface area contributed by atoms with Crippen LogP contribution in [0.3, 0.4) is 0 Å². The maximum Gasteiger partial charge on any atom is 0.260 e. The third-order valence-electron chi connectivity index (χ3n) is 3.65. The van der Waals surface area contributed by atoms with Crippen LogP contribution in [0.5, 0.6) is 5.75 Å². The van der Waals surface area contributed by atoms with Crippen molar-refractivity contribution in [2.24, 2.45) is 0 Å². The maximum absolute atomic E-state index is 12.1. The topological polar surface area (TPSA) is 96.1 Å². The number of carbonyl (C=O) groups excluding carboxylic acids is 1. The lowest BCUT2D eigenvalue weighted by Gasteiger charge is -2.08. The lowest BCUT2D eigenvalue weighted by atomic mass is 10.2. The average Bonchev–Trinajstić information content (AvgIpc) is 2.65. The Balaban J connectivity index is 1.56. The number of ether oxygens (including phenoxy) is 1. The van der Waals surface area contributed by atoms with Gasteiger partial charge < -0.3 is 15.4 Å². The van der Waals surface area contributed by atoms with Gasteiger partial charge in [0.2, 0.25) is 5.95 Å². The molecule has 1 amide bonds. The molecule has 0 radical (unpaired) electrons. The highest BCUT2D eigenvalue weighted by Crippen LogP contribution is 2.12. The summed E-state index contributed by atoms with van der Waals surface area (Å²) in [5.74, 6) is 0.809. The molecule has 128 valence electrons. The molecular weight excluding hydrogens is 320 g/mol. The van der Waals surface area contributed by atoms with Crippen molar-refractivity contribution in [3.05, 3.63) is 64.4 Å². The van der Waals surface area contributed by atoms with Crippen LogP contribution in [-0.4, -0.2) is 36.1 Å². The molecule has 0 saturated carbocycles. The Kier molecular flexibility index (Phi) is 4.94. The number of aromatic amines is 1. The predicted molar refractivity (Wildman–Crippen MR) is 96.2 cm³/mol. The molecule has 7 heteroatoms. The Labute approximate surface area is 144 Å². The second-order valence-electron chi connectivity index (χ2n) is 5.35. The van der Waals surface area contributed by atoms with Crippen LogP contribution in [0.4, 0.5) is 5.95 Å². The van der Waals surface area contributed by atoms with E-state index >= 15 is 0 Å². The minimum absolute atomic E-state index is 0.194. The summed E-state index contributed by atoms with van der Waals surface area (Å²) in [5, 5.41) is 6.34. The second-order valence-corrected chi connectivity index (χ2v) is 5.35. The maximum atomic E-state index is 12.1. The smallest absolute Gasteiger partial charge is 0.260 e. The van der Waals surface area contributed by atoms with E-state index in [0.29, 0.717) is 41.3 Å². The summed E-state index contributed by atoms with van der Waals surface area (Å²) >= 11 is 0. The summed E-state index contributed by atoms with van der Waals surface area (Å²) in [6, 6.07) is 14.0. The molecule has 2 aromatic carbocycles. The Bertz CT molecular complexity index is 952. The number of rotatable bonds is 6. The molecule has 1 aromatic heterocycles. The number of methoxy groups -OCH3 is 1. The molecule has 0 atom stereocenters. The number of para-hydroxylation sites is 1. The zero-order valence-electron chi connectivity index (χ0n) is 13.7. The van der Waals surface area contributed by atoms with Gasteiger partial charge in [0.1, 0.15) is 5.75 Å².